The Morgan fingerprint density at radius 1 is 1.50 bits per heavy atom. The van der Waals surface area contributed by atoms with E-state index in [-0.39, 0.29) is 0 Å². The fourth-order valence-corrected chi connectivity index (χ4v) is 1.10. The first-order valence-electron chi connectivity index (χ1n) is 3.93. The minimum atomic E-state index is 0.321. The smallest absolute Gasteiger partial charge is 0.120 e. The van der Waals surface area contributed by atoms with Gasteiger partial charge in [-0.1, -0.05) is 6.07 Å². The van der Waals surface area contributed by atoms with E-state index in [0.717, 1.165) is 11.1 Å². The Hall–Kier alpha value is -1.06. The summed E-state index contributed by atoms with van der Waals surface area (Å²) >= 11 is 0. The predicted octanol–water partition coefficient (Wildman–Crippen LogP) is 0.570. The molecule has 0 heterocycles. The van der Waals surface area contributed by atoms with E-state index in [2.05, 4.69) is 5.32 Å². The highest BCUT2D eigenvalue weighted by Gasteiger charge is 1.99. The number of aromatic hydroxyl groups is 1. The van der Waals surface area contributed by atoms with Gasteiger partial charge in [0.1, 0.15) is 5.75 Å². The summed E-state index contributed by atoms with van der Waals surface area (Å²) in [6.07, 6.45) is 0. The summed E-state index contributed by atoms with van der Waals surface area (Å²) in [5.41, 5.74) is 7.39. The minimum Gasteiger partial charge on any atom is -0.508 e. The Morgan fingerprint density at radius 2 is 2.25 bits per heavy atom. The molecule has 4 N–H and O–H groups in total. The number of rotatable bonds is 3. The average molecular weight is 166 g/mol. The highest BCUT2D eigenvalue weighted by atomic mass is 16.3. The molecule has 0 aliphatic rings. The maximum absolute atomic E-state index is 9.38. The van der Waals surface area contributed by atoms with Crippen LogP contribution in [0.25, 0.3) is 0 Å². The first-order chi connectivity index (χ1) is 5.77. The Balaban J connectivity index is 2.91. The zero-order valence-electron chi connectivity index (χ0n) is 7.17. The van der Waals surface area contributed by atoms with Crippen molar-refractivity contribution in [3.05, 3.63) is 29.3 Å². The Labute approximate surface area is 72.2 Å². The van der Waals surface area contributed by atoms with Gasteiger partial charge in [0.2, 0.25) is 0 Å². The summed E-state index contributed by atoms with van der Waals surface area (Å²) in [5.74, 6) is 0.321. The summed E-state index contributed by atoms with van der Waals surface area (Å²) in [6.45, 7) is 1.18. The van der Waals surface area contributed by atoms with Crippen molar-refractivity contribution in [3.8, 4) is 5.75 Å². The van der Waals surface area contributed by atoms with E-state index in [0.29, 0.717) is 18.8 Å². The SMILES string of the molecule is CNCc1cc(CN)ccc1O. The third-order valence-corrected chi connectivity index (χ3v) is 1.75. The number of hydrogen-bond acceptors (Lipinski definition) is 3. The molecule has 1 aromatic carbocycles. The van der Waals surface area contributed by atoms with E-state index in [1.807, 2.05) is 19.2 Å². The van der Waals surface area contributed by atoms with Gasteiger partial charge in [0, 0.05) is 18.7 Å². The molecular formula is C9H14N2O. The average Bonchev–Trinajstić information content (AvgIpc) is 2.09. The van der Waals surface area contributed by atoms with Gasteiger partial charge in [-0.3, -0.25) is 0 Å². The van der Waals surface area contributed by atoms with Crippen LogP contribution in [-0.2, 0) is 13.1 Å². The van der Waals surface area contributed by atoms with E-state index < -0.39 is 0 Å². The second kappa shape index (κ2) is 4.09. The minimum absolute atomic E-state index is 0.321. The lowest BCUT2D eigenvalue weighted by molar-refractivity contribution is 0.466. The molecule has 3 heteroatoms. The summed E-state index contributed by atoms with van der Waals surface area (Å²) in [5, 5.41) is 12.4. The van der Waals surface area contributed by atoms with Crippen LogP contribution < -0.4 is 11.1 Å². The van der Waals surface area contributed by atoms with Gasteiger partial charge in [-0.05, 0) is 24.7 Å². The molecule has 0 saturated carbocycles. The zero-order chi connectivity index (χ0) is 8.97. The molecule has 0 bridgehead atoms. The van der Waals surface area contributed by atoms with Gasteiger partial charge in [0.25, 0.3) is 0 Å². The lowest BCUT2D eigenvalue weighted by Gasteiger charge is -2.05. The van der Waals surface area contributed by atoms with Crippen molar-refractivity contribution in [1.29, 1.82) is 0 Å². The molecule has 66 valence electrons. The molecule has 0 unspecified atom stereocenters. The molecule has 0 aliphatic heterocycles. The summed E-state index contributed by atoms with van der Waals surface area (Å²) in [6, 6.07) is 5.41. The monoisotopic (exact) mass is 166 g/mol. The highest BCUT2D eigenvalue weighted by Crippen LogP contribution is 2.17. The molecule has 12 heavy (non-hydrogen) atoms. The molecule has 1 aromatic rings. The largest absolute Gasteiger partial charge is 0.508 e. The van der Waals surface area contributed by atoms with Gasteiger partial charge in [-0.15, -0.1) is 0 Å². The van der Waals surface area contributed by atoms with E-state index in [9.17, 15) is 5.11 Å². The van der Waals surface area contributed by atoms with Gasteiger partial charge in [0.05, 0.1) is 0 Å². The molecule has 0 fully saturated rings. The van der Waals surface area contributed by atoms with Crippen molar-refractivity contribution in [2.75, 3.05) is 7.05 Å². The number of phenols is 1. The van der Waals surface area contributed by atoms with Crippen LogP contribution in [0.4, 0.5) is 0 Å². The van der Waals surface area contributed by atoms with Crippen LogP contribution in [0.5, 0.6) is 5.75 Å². The van der Waals surface area contributed by atoms with Crippen LogP contribution in [0, 0.1) is 0 Å². The van der Waals surface area contributed by atoms with Gasteiger partial charge in [-0.25, -0.2) is 0 Å². The number of hydrogen-bond donors (Lipinski definition) is 3. The molecule has 3 nitrogen and oxygen atoms in total. The first kappa shape index (κ1) is 9.03. The lowest BCUT2D eigenvalue weighted by Crippen LogP contribution is -2.06. The van der Waals surface area contributed by atoms with Crippen LogP contribution in [0.2, 0.25) is 0 Å². The normalized spacial score (nSPS) is 10.2. The molecule has 1 rings (SSSR count). The van der Waals surface area contributed by atoms with Crippen LogP contribution in [-0.4, -0.2) is 12.2 Å². The number of nitrogens with one attached hydrogen (secondary N) is 1. The molecule has 0 radical (unpaired) electrons. The molecule has 0 amide bonds. The Bertz CT molecular complexity index is 261. The zero-order valence-corrected chi connectivity index (χ0v) is 7.17. The van der Waals surface area contributed by atoms with Gasteiger partial charge in [-0.2, -0.15) is 0 Å². The highest BCUT2D eigenvalue weighted by molar-refractivity contribution is 5.35. The summed E-state index contributed by atoms with van der Waals surface area (Å²) in [4.78, 5) is 0. The second-order valence-corrected chi connectivity index (χ2v) is 2.70. The molecule has 0 spiro atoms. The standard InChI is InChI=1S/C9H14N2O/c1-11-6-8-4-7(5-10)2-3-9(8)12/h2-4,11-12H,5-6,10H2,1H3. The molecule has 0 saturated heterocycles. The summed E-state index contributed by atoms with van der Waals surface area (Å²) < 4.78 is 0. The summed E-state index contributed by atoms with van der Waals surface area (Å²) in [7, 11) is 1.84. The van der Waals surface area contributed by atoms with Crippen molar-refractivity contribution < 1.29 is 5.11 Å². The number of nitrogens with two attached hydrogens (primary N) is 1. The quantitative estimate of drug-likeness (QED) is 0.615. The topological polar surface area (TPSA) is 58.3 Å². The third-order valence-electron chi connectivity index (χ3n) is 1.75. The molecular weight excluding hydrogens is 152 g/mol. The van der Waals surface area contributed by atoms with E-state index in [1.165, 1.54) is 0 Å². The van der Waals surface area contributed by atoms with Crippen molar-refractivity contribution in [2.45, 2.75) is 13.1 Å². The maximum atomic E-state index is 9.38. The van der Waals surface area contributed by atoms with Crippen molar-refractivity contribution in [2.24, 2.45) is 5.73 Å². The lowest BCUT2D eigenvalue weighted by atomic mass is 10.1. The third kappa shape index (κ3) is 1.96. The van der Waals surface area contributed by atoms with Crippen molar-refractivity contribution in [3.63, 3.8) is 0 Å². The predicted molar refractivity (Wildman–Crippen MR) is 48.8 cm³/mol. The van der Waals surface area contributed by atoms with E-state index >= 15 is 0 Å². The van der Waals surface area contributed by atoms with E-state index in [1.54, 1.807) is 6.07 Å². The molecule has 0 aromatic heterocycles. The van der Waals surface area contributed by atoms with Gasteiger partial charge in [0.15, 0.2) is 0 Å². The van der Waals surface area contributed by atoms with Crippen LogP contribution in [0.1, 0.15) is 11.1 Å². The molecule has 0 atom stereocenters. The second-order valence-electron chi connectivity index (χ2n) is 2.70. The molecule has 0 aliphatic carbocycles. The fraction of sp³-hybridized carbons (Fsp3) is 0.333. The Morgan fingerprint density at radius 3 is 2.83 bits per heavy atom. The maximum Gasteiger partial charge on any atom is 0.120 e. The van der Waals surface area contributed by atoms with Gasteiger partial charge >= 0.3 is 0 Å². The van der Waals surface area contributed by atoms with Crippen molar-refractivity contribution >= 4 is 0 Å². The van der Waals surface area contributed by atoms with Crippen LogP contribution >= 0.6 is 0 Å². The number of phenolic OH excluding ortho intramolecular Hbond substituents is 1. The van der Waals surface area contributed by atoms with Gasteiger partial charge < -0.3 is 16.2 Å². The number of benzene rings is 1. The Kier molecular flexibility index (Phi) is 3.08. The first-order valence-corrected chi connectivity index (χ1v) is 3.93. The van der Waals surface area contributed by atoms with Crippen LogP contribution in [0.3, 0.4) is 0 Å². The fourth-order valence-electron chi connectivity index (χ4n) is 1.10. The van der Waals surface area contributed by atoms with Crippen molar-refractivity contribution in [1.82, 2.24) is 5.32 Å². The van der Waals surface area contributed by atoms with E-state index in [4.69, 9.17) is 5.73 Å². The van der Waals surface area contributed by atoms with Crippen LogP contribution in [0.15, 0.2) is 18.2 Å².